The van der Waals surface area contributed by atoms with Crippen LogP contribution in [0.4, 0.5) is 0 Å². The van der Waals surface area contributed by atoms with E-state index in [1.54, 1.807) is 11.1 Å². The third kappa shape index (κ3) is 6.01. The van der Waals surface area contributed by atoms with Gasteiger partial charge in [-0.1, -0.05) is 44.1 Å². The van der Waals surface area contributed by atoms with Crippen LogP contribution in [0.25, 0.3) is 0 Å². The van der Waals surface area contributed by atoms with Crippen molar-refractivity contribution in [3.05, 3.63) is 23.3 Å². The fraction of sp³-hybridized carbons (Fsp3) is 0.714. The molecular weight excluding hydrogens is 168 g/mol. The first-order valence-corrected chi connectivity index (χ1v) is 5.94. The number of hydrogen-bond acceptors (Lipinski definition) is 0. The molecule has 0 saturated carbocycles. The zero-order valence-corrected chi connectivity index (χ0v) is 10.6. The van der Waals surface area contributed by atoms with Crippen molar-refractivity contribution in [1.82, 2.24) is 0 Å². The smallest absolute Gasteiger partial charge is 0.0231 e. The minimum atomic E-state index is 0.746. The van der Waals surface area contributed by atoms with Gasteiger partial charge in [-0.05, 0) is 45.4 Å². The quantitative estimate of drug-likeness (QED) is 0.515. The zero-order valence-electron chi connectivity index (χ0n) is 10.6. The van der Waals surface area contributed by atoms with Crippen molar-refractivity contribution < 1.29 is 0 Å². The molecule has 0 radical (unpaired) electrons. The van der Waals surface area contributed by atoms with E-state index in [0.29, 0.717) is 0 Å². The van der Waals surface area contributed by atoms with Crippen molar-refractivity contribution >= 4 is 0 Å². The van der Waals surface area contributed by atoms with Gasteiger partial charge in [0, 0.05) is 0 Å². The Morgan fingerprint density at radius 2 is 1.64 bits per heavy atom. The Bertz CT molecular complexity index is 196. The van der Waals surface area contributed by atoms with E-state index in [1.807, 2.05) is 0 Å². The molecule has 0 fully saturated rings. The van der Waals surface area contributed by atoms with Crippen LogP contribution in [0, 0.1) is 5.92 Å². The standard InChI is InChI=1S/C14H26/c1-6-8-12(3)10-11-14(5)13(4)9-7-2/h8-9,14H,6-7,10-11H2,1-5H3. The van der Waals surface area contributed by atoms with Crippen LogP contribution in [0.15, 0.2) is 23.3 Å². The van der Waals surface area contributed by atoms with E-state index in [4.69, 9.17) is 0 Å². The lowest BCUT2D eigenvalue weighted by atomic mass is 9.94. The second-order valence-electron chi connectivity index (χ2n) is 4.25. The van der Waals surface area contributed by atoms with Crippen molar-refractivity contribution in [2.24, 2.45) is 5.92 Å². The van der Waals surface area contributed by atoms with Crippen LogP contribution in [0.2, 0.25) is 0 Å². The van der Waals surface area contributed by atoms with Crippen LogP contribution < -0.4 is 0 Å². The van der Waals surface area contributed by atoms with Crippen LogP contribution in [0.3, 0.4) is 0 Å². The lowest BCUT2D eigenvalue weighted by molar-refractivity contribution is 0.607. The Kier molecular flexibility index (Phi) is 7.55. The predicted octanol–water partition coefficient (Wildman–Crippen LogP) is 5.12. The van der Waals surface area contributed by atoms with Crippen molar-refractivity contribution in [3.63, 3.8) is 0 Å². The molecule has 0 rings (SSSR count). The van der Waals surface area contributed by atoms with Gasteiger partial charge in [-0.3, -0.25) is 0 Å². The average molecular weight is 194 g/mol. The summed E-state index contributed by atoms with van der Waals surface area (Å²) in [6.45, 7) is 11.2. The molecular formula is C14H26. The molecule has 1 atom stereocenters. The summed E-state index contributed by atoms with van der Waals surface area (Å²) in [5.41, 5.74) is 3.10. The maximum atomic E-state index is 2.35. The van der Waals surface area contributed by atoms with Gasteiger partial charge in [0.1, 0.15) is 0 Å². The van der Waals surface area contributed by atoms with Gasteiger partial charge in [-0.2, -0.15) is 0 Å². The summed E-state index contributed by atoms with van der Waals surface area (Å²) in [7, 11) is 0. The Labute approximate surface area is 90.1 Å². The lowest BCUT2D eigenvalue weighted by Crippen LogP contribution is -1.96. The van der Waals surface area contributed by atoms with Gasteiger partial charge in [0.15, 0.2) is 0 Å². The van der Waals surface area contributed by atoms with Crippen LogP contribution in [-0.4, -0.2) is 0 Å². The highest BCUT2D eigenvalue weighted by Gasteiger charge is 2.03. The average Bonchev–Trinajstić information content (AvgIpc) is 2.15. The molecule has 0 N–H and O–H groups in total. The second-order valence-corrected chi connectivity index (χ2v) is 4.25. The summed E-state index contributed by atoms with van der Waals surface area (Å²) in [4.78, 5) is 0. The predicted molar refractivity (Wildman–Crippen MR) is 66.5 cm³/mol. The van der Waals surface area contributed by atoms with E-state index in [0.717, 1.165) is 5.92 Å². The molecule has 0 nitrogen and oxygen atoms in total. The van der Waals surface area contributed by atoms with Gasteiger partial charge in [0.2, 0.25) is 0 Å². The van der Waals surface area contributed by atoms with E-state index in [2.05, 4.69) is 46.8 Å². The molecule has 0 aromatic rings. The second kappa shape index (κ2) is 7.84. The summed E-state index contributed by atoms with van der Waals surface area (Å²) < 4.78 is 0. The van der Waals surface area contributed by atoms with Crippen molar-refractivity contribution in [3.8, 4) is 0 Å². The zero-order chi connectivity index (χ0) is 11.0. The van der Waals surface area contributed by atoms with E-state index in [1.165, 1.54) is 25.7 Å². The van der Waals surface area contributed by atoms with Crippen LogP contribution in [-0.2, 0) is 0 Å². The Hall–Kier alpha value is -0.520. The van der Waals surface area contributed by atoms with E-state index in [-0.39, 0.29) is 0 Å². The lowest BCUT2D eigenvalue weighted by Gasteiger charge is -2.12. The van der Waals surface area contributed by atoms with Crippen molar-refractivity contribution in [2.75, 3.05) is 0 Å². The van der Waals surface area contributed by atoms with Gasteiger partial charge in [-0.25, -0.2) is 0 Å². The summed E-state index contributed by atoms with van der Waals surface area (Å²) in [6, 6.07) is 0. The molecule has 1 unspecified atom stereocenters. The molecule has 82 valence electrons. The molecule has 0 heteroatoms. The molecule has 14 heavy (non-hydrogen) atoms. The number of rotatable bonds is 6. The van der Waals surface area contributed by atoms with Crippen molar-refractivity contribution in [2.45, 2.75) is 60.3 Å². The van der Waals surface area contributed by atoms with E-state index >= 15 is 0 Å². The van der Waals surface area contributed by atoms with E-state index in [9.17, 15) is 0 Å². The fourth-order valence-corrected chi connectivity index (χ4v) is 1.65. The molecule has 0 bridgehead atoms. The van der Waals surface area contributed by atoms with Crippen LogP contribution >= 0.6 is 0 Å². The third-order valence-electron chi connectivity index (χ3n) is 2.83. The molecule has 0 spiro atoms. The Balaban J connectivity index is 3.90. The Morgan fingerprint density at radius 3 is 2.14 bits per heavy atom. The topological polar surface area (TPSA) is 0 Å². The largest absolute Gasteiger partial charge is 0.0859 e. The number of hydrogen-bond donors (Lipinski definition) is 0. The summed E-state index contributed by atoms with van der Waals surface area (Å²) in [5, 5.41) is 0. The molecule has 0 saturated heterocycles. The number of allylic oxidation sites excluding steroid dienone is 4. The highest BCUT2D eigenvalue weighted by atomic mass is 14.1. The minimum absolute atomic E-state index is 0.746. The Morgan fingerprint density at radius 1 is 1.07 bits per heavy atom. The summed E-state index contributed by atoms with van der Waals surface area (Å²) in [5.74, 6) is 0.746. The summed E-state index contributed by atoms with van der Waals surface area (Å²) in [6.07, 6.45) is 9.58. The minimum Gasteiger partial charge on any atom is -0.0859 e. The van der Waals surface area contributed by atoms with E-state index < -0.39 is 0 Å². The fourth-order valence-electron chi connectivity index (χ4n) is 1.65. The van der Waals surface area contributed by atoms with Gasteiger partial charge in [0.05, 0.1) is 0 Å². The van der Waals surface area contributed by atoms with Gasteiger partial charge >= 0.3 is 0 Å². The highest BCUT2D eigenvalue weighted by molar-refractivity contribution is 5.04. The van der Waals surface area contributed by atoms with Gasteiger partial charge < -0.3 is 0 Å². The molecule has 0 aliphatic heterocycles. The SMILES string of the molecule is CCC=C(C)CCC(C)C(C)=CCC. The maximum Gasteiger partial charge on any atom is -0.0231 e. The maximum absolute atomic E-state index is 2.35. The molecule has 0 heterocycles. The summed E-state index contributed by atoms with van der Waals surface area (Å²) >= 11 is 0. The van der Waals surface area contributed by atoms with Gasteiger partial charge in [0.25, 0.3) is 0 Å². The first-order chi connectivity index (χ1) is 6.61. The molecule has 0 aromatic heterocycles. The molecule has 0 aromatic carbocycles. The van der Waals surface area contributed by atoms with Crippen LogP contribution in [0.5, 0.6) is 0 Å². The highest BCUT2D eigenvalue weighted by Crippen LogP contribution is 2.19. The monoisotopic (exact) mass is 194 g/mol. The molecule has 0 aliphatic carbocycles. The normalized spacial score (nSPS) is 15.8. The van der Waals surface area contributed by atoms with Crippen LogP contribution in [0.1, 0.15) is 60.3 Å². The molecule has 0 amide bonds. The first-order valence-electron chi connectivity index (χ1n) is 5.94. The van der Waals surface area contributed by atoms with Crippen molar-refractivity contribution in [1.29, 1.82) is 0 Å². The van der Waals surface area contributed by atoms with Gasteiger partial charge in [-0.15, -0.1) is 0 Å². The first kappa shape index (κ1) is 13.5. The molecule has 0 aliphatic rings. The third-order valence-corrected chi connectivity index (χ3v) is 2.83.